The largest absolute Gasteiger partial charge is 0.494 e. The van der Waals surface area contributed by atoms with Gasteiger partial charge in [0.2, 0.25) is 5.91 Å². The van der Waals surface area contributed by atoms with E-state index in [0.29, 0.717) is 22.7 Å². The summed E-state index contributed by atoms with van der Waals surface area (Å²) in [5.41, 5.74) is 5.52. The van der Waals surface area contributed by atoms with Crippen LogP contribution in [0.4, 0.5) is 11.4 Å². The number of anilines is 2. The number of methoxy groups -OCH3 is 1. The number of H-pyrrole nitrogens is 1. The molecule has 6 nitrogen and oxygen atoms in total. The summed E-state index contributed by atoms with van der Waals surface area (Å²) in [7, 11) is 1.52. The van der Waals surface area contributed by atoms with Gasteiger partial charge in [0.05, 0.1) is 12.8 Å². The monoisotopic (exact) mass is 377 g/mol. The highest BCUT2D eigenvalue weighted by atomic mass is 16.5. The molecule has 0 bridgehead atoms. The fraction of sp³-hybridized carbons (Fsp3) is 0.273. The van der Waals surface area contributed by atoms with Gasteiger partial charge in [0.15, 0.2) is 0 Å². The summed E-state index contributed by atoms with van der Waals surface area (Å²) in [6.45, 7) is 1.44. The maximum atomic E-state index is 12.8. The molecule has 2 aromatic carbocycles. The molecule has 0 saturated heterocycles. The number of ether oxygens (including phenoxy) is 1. The molecule has 3 N–H and O–H groups in total. The molecule has 0 aliphatic heterocycles. The third-order valence-corrected chi connectivity index (χ3v) is 5.13. The zero-order chi connectivity index (χ0) is 19.7. The van der Waals surface area contributed by atoms with E-state index in [0.717, 1.165) is 23.7 Å². The summed E-state index contributed by atoms with van der Waals surface area (Å²) >= 11 is 0. The van der Waals surface area contributed by atoms with Crippen LogP contribution in [0.25, 0.3) is 10.9 Å². The van der Waals surface area contributed by atoms with Crippen LogP contribution in [-0.4, -0.2) is 23.9 Å². The molecular formula is C22H23N3O3. The molecule has 0 saturated carbocycles. The average molecular weight is 377 g/mol. The van der Waals surface area contributed by atoms with Gasteiger partial charge in [-0.3, -0.25) is 9.59 Å². The van der Waals surface area contributed by atoms with E-state index in [-0.39, 0.29) is 11.8 Å². The van der Waals surface area contributed by atoms with Crippen molar-refractivity contribution in [2.75, 3.05) is 17.7 Å². The molecule has 1 aliphatic rings. The minimum absolute atomic E-state index is 0.179. The Labute approximate surface area is 163 Å². The van der Waals surface area contributed by atoms with Gasteiger partial charge in [0.25, 0.3) is 5.91 Å². The maximum absolute atomic E-state index is 12.8. The predicted octanol–water partition coefficient (Wildman–Crippen LogP) is 4.27. The van der Waals surface area contributed by atoms with Crippen LogP contribution in [0, 0.1) is 0 Å². The van der Waals surface area contributed by atoms with Crippen LogP contribution in [0.2, 0.25) is 0 Å². The zero-order valence-electron chi connectivity index (χ0n) is 16.0. The van der Waals surface area contributed by atoms with Crippen LogP contribution < -0.4 is 15.4 Å². The van der Waals surface area contributed by atoms with Crippen molar-refractivity contribution in [1.29, 1.82) is 0 Å². The first-order chi connectivity index (χ1) is 13.5. The van der Waals surface area contributed by atoms with Crippen LogP contribution in [-0.2, 0) is 17.6 Å². The molecule has 28 heavy (non-hydrogen) atoms. The van der Waals surface area contributed by atoms with E-state index in [1.807, 2.05) is 18.2 Å². The summed E-state index contributed by atoms with van der Waals surface area (Å²) in [6, 6.07) is 10.9. The molecule has 144 valence electrons. The molecule has 1 aromatic heterocycles. The van der Waals surface area contributed by atoms with Crippen molar-refractivity contribution in [3.8, 4) is 5.75 Å². The predicted molar refractivity (Wildman–Crippen MR) is 110 cm³/mol. The number of aromatic nitrogens is 1. The summed E-state index contributed by atoms with van der Waals surface area (Å²) in [6.07, 6.45) is 4.54. The van der Waals surface area contributed by atoms with Crippen molar-refractivity contribution in [3.63, 3.8) is 0 Å². The summed E-state index contributed by atoms with van der Waals surface area (Å²) in [5.74, 6) is 0.128. The Morgan fingerprint density at radius 3 is 2.64 bits per heavy atom. The molecule has 3 aromatic rings. The van der Waals surface area contributed by atoms with Gasteiger partial charge in [-0.15, -0.1) is 0 Å². The van der Waals surface area contributed by atoms with Crippen LogP contribution in [0.5, 0.6) is 5.75 Å². The Morgan fingerprint density at radius 2 is 1.86 bits per heavy atom. The van der Waals surface area contributed by atoms with E-state index in [1.165, 1.54) is 38.1 Å². The first-order valence-corrected chi connectivity index (χ1v) is 9.45. The first kappa shape index (κ1) is 18.1. The van der Waals surface area contributed by atoms with Crippen molar-refractivity contribution in [3.05, 3.63) is 53.2 Å². The molecule has 0 spiro atoms. The second kappa shape index (κ2) is 7.38. The van der Waals surface area contributed by atoms with Gasteiger partial charge in [0, 0.05) is 40.8 Å². The molecule has 2 amide bonds. The molecule has 1 aliphatic carbocycles. The SMILES string of the molecule is COc1cc(NC(=O)c2ccc3[nH]c4c(c3c2)CCCC4)ccc1NC(C)=O. The lowest BCUT2D eigenvalue weighted by Gasteiger charge is -2.12. The average Bonchev–Trinajstić information content (AvgIpc) is 3.06. The van der Waals surface area contributed by atoms with E-state index in [4.69, 9.17) is 4.74 Å². The van der Waals surface area contributed by atoms with E-state index in [9.17, 15) is 9.59 Å². The molecule has 4 rings (SSSR count). The van der Waals surface area contributed by atoms with Crippen molar-refractivity contribution in [2.45, 2.75) is 32.6 Å². The lowest BCUT2D eigenvalue weighted by molar-refractivity contribution is -0.114. The number of hydrogen-bond donors (Lipinski definition) is 3. The Morgan fingerprint density at radius 1 is 1.04 bits per heavy atom. The Bertz CT molecular complexity index is 1070. The number of fused-ring (bicyclic) bond motifs is 3. The van der Waals surface area contributed by atoms with Crippen LogP contribution in [0.3, 0.4) is 0 Å². The molecule has 0 fully saturated rings. The van der Waals surface area contributed by atoms with E-state index < -0.39 is 0 Å². The number of carbonyl (C=O) groups excluding carboxylic acids is 2. The highest BCUT2D eigenvalue weighted by molar-refractivity contribution is 6.07. The van der Waals surface area contributed by atoms with Gasteiger partial charge in [0.1, 0.15) is 5.75 Å². The highest BCUT2D eigenvalue weighted by Crippen LogP contribution is 2.31. The zero-order valence-corrected chi connectivity index (χ0v) is 16.0. The second-order valence-corrected chi connectivity index (χ2v) is 7.10. The fourth-order valence-electron chi connectivity index (χ4n) is 3.81. The number of benzene rings is 2. The number of rotatable bonds is 4. The third-order valence-electron chi connectivity index (χ3n) is 5.13. The second-order valence-electron chi connectivity index (χ2n) is 7.10. The minimum atomic E-state index is -0.182. The van der Waals surface area contributed by atoms with Gasteiger partial charge in [-0.2, -0.15) is 0 Å². The number of aryl methyl sites for hydroxylation is 2. The van der Waals surface area contributed by atoms with Gasteiger partial charge < -0.3 is 20.4 Å². The van der Waals surface area contributed by atoms with Gasteiger partial charge in [-0.1, -0.05) is 0 Å². The van der Waals surface area contributed by atoms with Gasteiger partial charge in [-0.05, 0) is 61.6 Å². The molecule has 0 radical (unpaired) electrons. The van der Waals surface area contributed by atoms with Gasteiger partial charge in [-0.25, -0.2) is 0 Å². The lowest BCUT2D eigenvalue weighted by Crippen LogP contribution is -2.12. The summed E-state index contributed by atoms with van der Waals surface area (Å²) in [5, 5.41) is 6.75. The van der Waals surface area contributed by atoms with Crippen LogP contribution >= 0.6 is 0 Å². The first-order valence-electron chi connectivity index (χ1n) is 9.45. The molecule has 1 heterocycles. The summed E-state index contributed by atoms with van der Waals surface area (Å²) < 4.78 is 5.31. The van der Waals surface area contributed by atoms with Crippen LogP contribution in [0.15, 0.2) is 36.4 Å². The molecular weight excluding hydrogens is 354 g/mol. The van der Waals surface area contributed by atoms with E-state index in [1.54, 1.807) is 18.2 Å². The lowest BCUT2D eigenvalue weighted by atomic mass is 9.95. The Hall–Kier alpha value is -3.28. The normalized spacial score (nSPS) is 13.1. The van der Waals surface area contributed by atoms with Crippen molar-refractivity contribution < 1.29 is 14.3 Å². The fourth-order valence-corrected chi connectivity index (χ4v) is 3.81. The smallest absolute Gasteiger partial charge is 0.255 e. The maximum Gasteiger partial charge on any atom is 0.255 e. The number of amides is 2. The quantitative estimate of drug-likeness (QED) is 0.635. The Kier molecular flexibility index (Phi) is 4.77. The topological polar surface area (TPSA) is 83.2 Å². The van der Waals surface area contributed by atoms with E-state index >= 15 is 0 Å². The van der Waals surface area contributed by atoms with Crippen molar-refractivity contribution >= 4 is 34.1 Å². The number of carbonyl (C=O) groups is 2. The van der Waals surface area contributed by atoms with Crippen LogP contribution in [0.1, 0.15) is 41.4 Å². The standard InChI is InChI=1S/C22H23N3O3/c1-13(26)23-20-10-8-15(12-21(20)28-2)24-22(27)14-7-9-19-17(11-14)16-5-3-4-6-18(16)25-19/h7-12,25H,3-6H2,1-2H3,(H,23,26)(H,24,27). The Balaban J connectivity index is 1.59. The molecule has 6 heteroatoms. The van der Waals surface area contributed by atoms with Gasteiger partial charge >= 0.3 is 0 Å². The highest BCUT2D eigenvalue weighted by Gasteiger charge is 2.17. The minimum Gasteiger partial charge on any atom is -0.494 e. The number of hydrogen-bond acceptors (Lipinski definition) is 3. The van der Waals surface area contributed by atoms with E-state index in [2.05, 4.69) is 15.6 Å². The number of nitrogens with one attached hydrogen (secondary N) is 3. The number of aromatic amines is 1. The molecule has 0 atom stereocenters. The molecule has 0 unspecified atom stereocenters. The third kappa shape index (κ3) is 3.45. The summed E-state index contributed by atoms with van der Waals surface area (Å²) in [4.78, 5) is 27.5. The van der Waals surface area contributed by atoms with Crippen molar-refractivity contribution in [1.82, 2.24) is 4.98 Å². The van der Waals surface area contributed by atoms with Crippen molar-refractivity contribution in [2.24, 2.45) is 0 Å².